The Morgan fingerprint density at radius 1 is 1.18 bits per heavy atom. The molecule has 1 aliphatic heterocycles. The second-order valence-electron chi connectivity index (χ2n) is 6.98. The van der Waals surface area contributed by atoms with Gasteiger partial charge in [-0.05, 0) is 38.8 Å². The summed E-state index contributed by atoms with van der Waals surface area (Å²) in [5.74, 6) is 0.407. The van der Waals surface area contributed by atoms with Crippen molar-refractivity contribution < 1.29 is 22.8 Å². The molecule has 0 unspecified atom stereocenters. The van der Waals surface area contributed by atoms with Crippen LogP contribution in [0.3, 0.4) is 0 Å². The Labute approximate surface area is 160 Å². The van der Waals surface area contributed by atoms with Gasteiger partial charge in [0.1, 0.15) is 18.2 Å². The number of Topliss-reactive ketones (excluding diaryl/α,β-unsaturated/α-hetero) is 1. The average Bonchev–Trinajstić information content (AvgIpc) is 2.97. The summed E-state index contributed by atoms with van der Waals surface area (Å²) >= 11 is 0. The zero-order valence-electron chi connectivity index (χ0n) is 15.7. The monoisotopic (exact) mass is 394 g/mol. The number of carbonyl (C=O) groups excluding carboxylic acids is 2. The number of carbonyl (C=O) groups is 2. The summed E-state index contributed by atoms with van der Waals surface area (Å²) in [6.07, 6.45) is -3.17. The van der Waals surface area contributed by atoms with E-state index in [9.17, 15) is 22.8 Å². The smallest absolute Gasteiger partial charge is 0.340 e. The maximum atomic E-state index is 12.7. The highest BCUT2D eigenvalue weighted by atomic mass is 19.4. The fourth-order valence-electron chi connectivity index (χ4n) is 3.42. The summed E-state index contributed by atoms with van der Waals surface area (Å²) in [4.78, 5) is 31.1. The number of nitrogens with zero attached hydrogens (tertiary/aromatic N) is 4. The molecule has 1 aromatic carbocycles. The molecule has 28 heavy (non-hydrogen) atoms. The first-order valence-corrected chi connectivity index (χ1v) is 9.02. The number of halogens is 3. The molecule has 9 heteroatoms. The third-order valence-corrected chi connectivity index (χ3v) is 4.89. The van der Waals surface area contributed by atoms with Gasteiger partial charge in [0.05, 0.1) is 5.56 Å². The molecule has 1 amide bonds. The molecule has 1 saturated heterocycles. The normalized spacial score (nSPS) is 17.6. The molecule has 1 fully saturated rings. The molecule has 0 radical (unpaired) electrons. The van der Waals surface area contributed by atoms with Crippen molar-refractivity contribution in [3.8, 4) is 0 Å². The molecule has 6 nitrogen and oxygen atoms in total. The van der Waals surface area contributed by atoms with Gasteiger partial charge >= 0.3 is 6.18 Å². The quantitative estimate of drug-likeness (QED) is 0.748. The van der Waals surface area contributed by atoms with Crippen LogP contribution in [0.25, 0.3) is 0 Å². The van der Waals surface area contributed by atoms with Crippen molar-refractivity contribution in [2.75, 3.05) is 13.1 Å². The third-order valence-electron chi connectivity index (χ3n) is 4.89. The highest BCUT2D eigenvalue weighted by Crippen LogP contribution is 2.30. The lowest BCUT2D eigenvalue weighted by molar-refractivity contribution is -0.137. The van der Waals surface area contributed by atoms with Gasteiger partial charge in [-0.3, -0.25) is 9.59 Å². The Balaban J connectivity index is 1.66. The molecule has 3 rings (SSSR count). The van der Waals surface area contributed by atoms with Gasteiger partial charge in [-0.15, -0.1) is 0 Å². The first kappa shape index (κ1) is 20.0. The van der Waals surface area contributed by atoms with Gasteiger partial charge in [0.25, 0.3) is 0 Å². The molecular weight excluding hydrogens is 373 g/mol. The standard InChI is InChI=1S/C19H21F3N4O2/c1-12-23-13(2)26(24-12)11-17(27)25-9-3-4-15(10-25)18(28)14-5-7-16(8-6-14)19(20,21)22/h5-8,15H,3-4,9-11H2,1-2H3/t15-/m1/s1. The van der Waals surface area contributed by atoms with Crippen LogP contribution in [0, 0.1) is 19.8 Å². The summed E-state index contributed by atoms with van der Waals surface area (Å²) in [7, 11) is 0. The van der Waals surface area contributed by atoms with E-state index >= 15 is 0 Å². The van der Waals surface area contributed by atoms with Crippen LogP contribution >= 0.6 is 0 Å². The number of benzene rings is 1. The van der Waals surface area contributed by atoms with E-state index in [0.717, 1.165) is 12.1 Å². The largest absolute Gasteiger partial charge is 0.416 e. The molecule has 2 aromatic rings. The fraction of sp³-hybridized carbons (Fsp3) is 0.474. The number of aryl methyl sites for hydroxylation is 2. The van der Waals surface area contributed by atoms with Gasteiger partial charge in [0.15, 0.2) is 5.78 Å². The summed E-state index contributed by atoms with van der Waals surface area (Å²) < 4.78 is 39.6. The summed E-state index contributed by atoms with van der Waals surface area (Å²) in [6, 6.07) is 4.23. The van der Waals surface area contributed by atoms with Crippen LogP contribution in [0.4, 0.5) is 13.2 Å². The van der Waals surface area contributed by atoms with E-state index in [0.29, 0.717) is 31.0 Å². The van der Waals surface area contributed by atoms with Gasteiger partial charge in [-0.1, -0.05) is 12.1 Å². The number of rotatable bonds is 4. The number of hydrogen-bond donors (Lipinski definition) is 0. The van der Waals surface area contributed by atoms with Crippen molar-refractivity contribution >= 4 is 11.7 Å². The van der Waals surface area contributed by atoms with Gasteiger partial charge in [0.2, 0.25) is 5.91 Å². The van der Waals surface area contributed by atoms with Crippen molar-refractivity contribution in [3.63, 3.8) is 0 Å². The first-order chi connectivity index (χ1) is 13.1. The number of amides is 1. The SMILES string of the molecule is Cc1nc(C)n(CC(=O)N2CCC[C@@H](C(=O)c3ccc(C(F)(F)F)cc3)C2)n1. The molecule has 2 heterocycles. The lowest BCUT2D eigenvalue weighted by Crippen LogP contribution is -2.43. The van der Waals surface area contributed by atoms with Crippen LogP contribution in [0.1, 0.15) is 40.4 Å². The van der Waals surface area contributed by atoms with E-state index in [1.54, 1.807) is 18.7 Å². The van der Waals surface area contributed by atoms with Crippen molar-refractivity contribution in [1.29, 1.82) is 0 Å². The van der Waals surface area contributed by atoms with Crippen LogP contribution < -0.4 is 0 Å². The van der Waals surface area contributed by atoms with Crippen molar-refractivity contribution in [2.45, 2.75) is 39.4 Å². The van der Waals surface area contributed by atoms with Crippen LogP contribution in [0.15, 0.2) is 24.3 Å². The number of ketones is 1. The molecule has 1 aliphatic rings. The molecule has 0 spiro atoms. The number of aromatic nitrogens is 3. The fourth-order valence-corrected chi connectivity index (χ4v) is 3.42. The summed E-state index contributed by atoms with van der Waals surface area (Å²) in [5.41, 5.74) is -0.557. The Kier molecular flexibility index (Phi) is 5.53. The van der Waals surface area contributed by atoms with Crippen molar-refractivity contribution in [1.82, 2.24) is 19.7 Å². The van der Waals surface area contributed by atoms with E-state index < -0.39 is 17.7 Å². The zero-order chi connectivity index (χ0) is 20.5. The van der Waals surface area contributed by atoms with Crippen LogP contribution in [0.2, 0.25) is 0 Å². The molecule has 150 valence electrons. The number of likely N-dealkylation sites (tertiary alicyclic amines) is 1. The molecule has 0 aliphatic carbocycles. The molecule has 0 N–H and O–H groups in total. The van der Waals surface area contributed by atoms with Gasteiger partial charge in [-0.25, -0.2) is 9.67 Å². The first-order valence-electron chi connectivity index (χ1n) is 9.02. The van der Waals surface area contributed by atoms with Crippen molar-refractivity contribution in [2.24, 2.45) is 5.92 Å². The summed E-state index contributed by atoms with van der Waals surface area (Å²) in [5, 5.41) is 4.17. The Hall–Kier alpha value is -2.71. The minimum absolute atomic E-state index is 0.0495. The van der Waals surface area contributed by atoms with E-state index in [2.05, 4.69) is 10.1 Å². The maximum Gasteiger partial charge on any atom is 0.416 e. The number of alkyl halides is 3. The highest BCUT2D eigenvalue weighted by molar-refractivity contribution is 5.98. The average molecular weight is 394 g/mol. The van der Waals surface area contributed by atoms with Gasteiger partial charge in [-0.2, -0.15) is 18.3 Å². The van der Waals surface area contributed by atoms with Gasteiger partial charge in [0, 0.05) is 24.6 Å². The topological polar surface area (TPSA) is 68.1 Å². The molecule has 0 bridgehead atoms. The predicted octanol–water partition coefficient (Wildman–Crippen LogP) is 3.04. The second-order valence-corrected chi connectivity index (χ2v) is 6.98. The minimum atomic E-state index is -4.44. The number of hydrogen-bond acceptors (Lipinski definition) is 4. The Bertz CT molecular complexity index is 874. The molecule has 1 aromatic heterocycles. The van der Waals surface area contributed by atoms with Crippen LogP contribution in [-0.4, -0.2) is 44.4 Å². The zero-order valence-corrected chi connectivity index (χ0v) is 15.7. The van der Waals surface area contributed by atoms with Crippen molar-refractivity contribution in [3.05, 3.63) is 47.0 Å². The maximum absolute atomic E-state index is 12.7. The Morgan fingerprint density at radius 2 is 1.86 bits per heavy atom. The summed E-state index contributed by atoms with van der Waals surface area (Å²) in [6.45, 7) is 4.36. The third kappa shape index (κ3) is 4.40. The highest BCUT2D eigenvalue weighted by Gasteiger charge is 2.32. The van der Waals surface area contributed by atoms with E-state index in [-0.39, 0.29) is 30.3 Å². The van der Waals surface area contributed by atoms with E-state index in [1.807, 2.05) is 0 Å². The molecular formula is C19H21F3N4O2. The lowest BCUT2D eigenvalue weighted by Gasteiger charge is -2.32. The molecule has 0 saturated carbocycles. The predicted molar refractivity (Wildman–Crippen MR) is 94.6 cm³/mol. The minimum Gasteiger partial charge on any atom is -0.340 e. The van der Waals surface area contributed by atoms with Crippen LogP contribution in [0.5, 0.6) is 0 Å². The van der Waals surface area contributed by atoms with E-state index in [4.69, 9.17) is 0 Å². The van der Waals surface area contributed by atoms with Gasteiger partial charge < -0.3 is 4.90 Å². The lowest BCUT2D eigenvalue weighted by atomic mass is 9.89. The molecule has 1 atom stereocenters. The van der Waals surface area contributed by atoms with Crippen LogP contribution in [-0.2, 0) is 17.5 Å². The number of piperidine rings is 1. The second kappa shape index (κ2) is 7.73. The van der Waals surface area contributed by atoms with E-state index in [1.165, 1.54) is 16.8 Å². The Morgan fingerprint density at radius 3 is 2.43 bits per heavy atom.